The number of para-hydroxylation sites is 2. The molecule has 2 rings (SSSR count). The van der Waals surface area contributed by atoms with E-state index in [1.54, 1.807) is 17.8 Å². The van der Waals surface area contributed by atoms with Gasteiger partial charge < -0.3 is 10.1 Å². The van der Waals surface area contributed by atoms with Gasteiger partial charge in [0.15, 0.2) is 0 Å². The Bertz CT molecular complexity index is 592. The van der Waals surface area contributed by atoms with Crippen molar-refractivity contribution in [1.29, 1.82) is 0 Å². The Hall–Kier alpha value is -1.65. The summed E-state index contributed by atoms with van der Waals surface area (Å²) in [4.78, 5) is 11.7. The zero-order chi connectivity index (χ0) is 15.6. The molecule has 2 aromatic carbocycles. The third-order valence-corrected chi connectivity index (χ3v) is 4.11. The van der Waals surface area contributed by atoms with Gasteiger partial charge in [-0.05, 0) is 24.3 Å². The van der Waals surface area contributed by atoms with Crippen molar-refractivity contribution in [2.75, 3.05) is 23.4 Å². The molecule has 1 amide bonds. The number of benzene rings is 2. The summed E-state index contributed by atoms with van der Waals surface area (Å²) in [5.74, 6) is 2.33. The molecule has 0 radical (unpaired) electrons. The van der Waals surface area contributed by atoms with Crippen LogP contribution in [0.2, 0.25) is 5.02 Å². The Labute approximate surface area is 140 Å². The summed E-state index contributed by atoms with van der Waals surface area (Å²) in [5, 5.41) is 3.49. The van der Waals surface area contributed by atoms with Crippen molar-refractivity contribution in [3.63, 3.8) is 0 Å². The predicted molar refractivity (Wildman–Crippen MR) is 94.0 cm³/mol. The van der Waals surface area contributed by atoms with Crippen LogP contribution in [0.3, 0.4) is 0 Å². The molecule has 2 aromatic rings. The van der Waals surface area contributed by atoms with E-state index in [9.17, 15) is 4.79 Å². The van der Waals surface area contributed by atoms with E-state index in [-0.39, 0.29) is 5.91 Å². The molecule has 0 saturated heterocycles. The monoisotopic (exact) mass is 335 g/mol. The average Bonchev–Trinajstić information content (AvgIpc) is 2.53. The third kappa shape index (κ3) is 6.00. The van der Waals surface area contributed by atoms with E-state index in [4.69, 9.17) is 16.3 Å². The second-order valence-corrected chi connectivity index (χ2v) is 6.19. The van der Waals surface area contributed by atoms with Crippen molar-refractivity contribution in [2.45, 2.75) is 6.42 Å². The van der Waals surface area contributed by atoms with Gasteiger partial charge in [-0.2, -0.15) is 11.8 Å². The molecule has 22 heavy (non-hydrogen) atoms. The lowest BCUT2D eigenvalue weighted by Gasteiger charge is -2.07. The van der Waals surface area contributed by atoms with Crippen LogP contribution in [0.1, 0.15) is 6.42 Å². The number of ether oxygens (including phenoxy) is 1. The lowest BCUT2D eigenvalue weighted by atomic mass is 10.3. The molecule has 0 aromatic heterocycles. The van der Waals surface area contributed by atoms with Crippen LogP contribution in [0, 0.1) is 0 Å². The van der Waals surface area contributed by atoms with Crippen LogP contribution in [0.4, 0.5) is 5.69 Å². The first-order valence-corrected chi connectivity index (χ1v) is 8.59. The summed E-state index contributed by atoms with van der Waals surface area (Å²) in [6, 6.07) is 16.9. The van der Waals surface area contributed by atoms with Gasteiger partial charge >= 0.3 is 0 Å². The molecule has 116 valence electrons. The SMILES string of the molecule is O=C(CCSCCOc1ccccc1Cl)Nc1ccccc1. The highest BCUT2D eigenvalue weighted by atomic mass is 35.5. The molecule has 5 heteroatoms. The molecule has 0 atom stereocenters. The molecular weight excluding hydrogens is 318 g/mol. The summed E-state index contributed by atoms with van der Waals surface area (Å²) in [7, 11) is 0. The number of halogens is 1. The molecular formula is C17H18ClNO2S. The summed E-state index contributed by atoms with van der Waals surface area (Å²) < 4.78 is 5.59. The highest BCUT2D eigenvalue weighted by Gasteiger charge is 2.03. The Kier molecular flexibility index (Phi) is 7.13. The molecule has 0 aliphatic rings. The standard InChI is InChI=1S/C17H18ClNO2S/c18-15-8-4-5-9-16(15)21-11-13-22-12-10-17(20)19-14-6-2-1-3-7-14/h1-9H,10-13H2,(H,19,20). The van der Waals surface area contributed by atoms with E-state index < -0.39 is 0 Å². The van der Waals surface area contributed by atoms with E-state index in [0.29, 0.717) is 23.8 Å². The van der Waals surface area contributed by atoms with Gasteiger partial charge in [0, 0.05) is 23.6 Å². The number of anilines is 1. The second kappa shape index (κ2) is 9.38. The molecule has 0 aliphatic heterocycles. The Morgan fingerprint density at radius 3 is 2.55 bits per heavy atom. The van der Waals surface area contributed by atoms with Crippen molar-refractivity contribution in [3.05, 3.63) is 59.6 Å². The van der Waals surface area contributed by atoms with Crippen LogP contribution in [0.25, 0.3) is 0 Å². The lowest BCUT2D eigenvalue weighted by molar-refractivity contribution is -0.115. The number of amides is 1. The maximum atomic E-state index is 11.7. The predicted octanol–water partition coefficient (Wildman–Crippen LogP) is 4.48. The Morgan fingerprint density at radius 1 is 1.05 bits per heavy atom. The van der Waals surface area contributed by atoms with Crippen LogP contribution >= 0.6 is 23.4 Å². The molecule has 0 aliphatic carbocycles. The first-order valence-electron chi connectivity index (χ1n) is 7.05. The van der Waals surface area contributed by atoms with Crippen LogP contribution in [-0.2, 0) is 4.79 Å². The quantitative estimate of drug-likeness (QED) is 0.723. The van der Waals surface area contributed by atoms with E-state index in [1.807, 2.05) is 48.5 Å². The lowest BCUT2D eigenvalue weighted by Crippen LogP contribution is -2.12. The van der Waals surface area contributed by atoms with E-state index in [0.717, 1.165) is 17.2 Å². The van der Waals surface area contributed by atoms with Crippen LogP contribution in [0.15, 0.2) is 54.6 Å². The van der Waals surface area contributed by atoms with Crippen molar-refractivity contribution < 1.29 is 9.53 Å². The number of rotatable bonds is 8. The zero-order valence-corrected chi connectivity index (χ0v) is 13.7. The van der Waals surface area contributed by atoms with Crippen LogP contribution in [-0.4, -0.2) is 24.0 Å². The first kappa shape index (κ1) is 16.7. The van der Waals surface area contributed by atoms with Gasteiger partial charge in [0.1, 0.15) is 5.75 Å². The topological polar surface area (TPSA) is 38.3 Å². The first-order chi connectivity index (χ1) is 10.8. The smallest absolute Gasteiger partial charge is 0.225 e. The summed E-state index contributed by atoms with van der Waals surface area (Å²) in [6.45, 7) is 0.578. The highest BCUT2D eigenvalue weighted by Crippen LogP contribution is 2.23. The molecule has 0 unspecified atom stereocenters. The molecule has 3 nitrogen and oxygen atoms in total. The van der Waals surface area contributed by atoms with Gasteiger partial charge in [-0.1, -0.05) is 41.9 Å². The van der Waals surface area contributed by atoms with Crippen LogP contribution < -0.4 is 10.1 Å². The van der Waals surface area contributed by atoms with Crippen molar-refractivity contribution in [1.82, 2.24) is 0 Å². The molecule has 0 bridgehead atoms. The van der Waals surface area contributed by atoms with Gasteiger partial charge in [0.25, 0.3) is 0 Å². The fourth-order valence-corrected chi connectivity index (χ4v) is 2.71. The minimum absolute atomic E-state index is 0.0331. The summed E-state index contributed by atoms with van der Waals surface area (Å²) >= 11 is 7.69. The van der Waals surface area contributed by atoms with E-state index in [1.165, 1.54) is 0 Å². The van der Waals surface area contributed by atoms with Gasteiger partial charge in [-0.3, -0.25) is 4.79 Å². The largest absolute Gasteiger partial charge is 0.491 e. The molecule has 0 heterocycles. The number of hydrogen-bond donors (Lipinski definition) is 1. The number of hydrogen-bond acceptors (Lipinski definition) is 3. The summed E-state index contributed by atoms with van der Waals surface area (Å²) in [6.07, 6.45) is 0.492. The number of thioether (sulfide) groups is 1. The minimum Gasteiger partial charge on any atom is -0.491 e. The second-order valence-electron chi connectivity index (χ2n) is 4.56. The normalized spacial score (nSPS) is 10.2. The highest BCUT2D eigenvalue weighted by molar-refractivity contribution is 7.99. The molecule has 1 N–H and O–H groups in total. The van der Waals surface area contributed by atoms with Crippen molar-refractivity contribution in [3.8, 4) is 5.75 Å². The zero-order valence-electron chi connectivity index (χ0n) is 12.1. The van der Waals surface area contributed by atoms with Crippen molar-refractivity contribution >= 4 is 35.0 Å². The van der Waals surface area contributed by atoms with Gasteiger partial charge in [-0.25, -0.2) is 0 Å². The fourth-order valence-electron chi connectivity index (χ4n) is 1.78. The number of carbonyl (C=O) groups excluding carboxylic acids is 1. The maximum absolute atomic E-state index is 11.7. The summed E-state index contributed by atoms with van der Waals surface area (Å²) in [5.41, 5.74) is 0.833. The molecule has 0 fully saturated rings. The van der Waals surface area contributed by atoms with Crippen molar-refractivity contribution in [2.24, 2.45) is 0 Å². The minimum atomic E-state index is 0.0331. The van der Waals surface area contributed by atoms with E-state index >= 15 is 0 Å². The number of carbonyl (C=O) groups is 1. The fraction of sp³-hybridized carbons (Fsp3) is 0.235. The maximum Gasteiger partial charge on any atom is 0.225 e. The van der Waals surface area contributed by atoms with Crippen LogP contribution in [0.5, 0.6) is 5.75 Å². The number of nitrogens with one attached hydrogen (secondary N) is 1. The van der Waals surface area contributed by atoms with E-state index in [2.05, 4.69) is 5.32 Å². The van der Waals surface area contributed by atoms with Gasteiger partial charge in [-0.15, -0.1) is 0 Å². The Balaban J connectivity index is 1.56. The van der Waals surface area contributed by atoms with Gasteiger partial charge in [0.2, 0.25) is 5.91 Å². The third-order valence-electron chi connectivity index (χ3n) is 2.85. The molecule has 0 spiro atoms. The van der Waals surface area contributed by atoms with Gasteiger partial charge in [0.05, 0.1) is 11.6 Å². The Morgan fingerprint density at radius 2 is 1.77 bits per heavy atom. The average molecular weight is 336 g/mol. The molecule has 0 saturated carbocycles.